The second-order valence-corrected chi connectivity index (χ2v) is 7.45. The smallest absolute Gasteiger partial charge is 0.331 e. The van der Waals surface area contributed by atoms with Crippen LogP contribution in [-0.4, -0.2) is 30.4 Å². The number of rotatable bonds is 9. The molecule has 2 aromatic carbocycles. The fourth-order valence-corrected chi connectivity index (χ4v) is 3.28. The first kappa shape index (κ1) is 21.3. The van der Waals surface area contributed by atoms with Gasteiger partial charge in [0, 0.05) is 19.7 Å². The second kappa shape index (κ2) is 11.0. The summed E-state index contributed by atoms with van der Waals surface area (Å²) < 4.78 is 10.8. The molecule has 0 aliphatic rings. The summed E-state index contributed by atoms with van der Waals surface area (Å²) in [5.41, 5.74) is 2.98. The number of benzene rings is 2. The van der Waals surface area contributed by atoms with E-state index in [-0.39, 0.29) is 12.5 Å². The summed E-state index contributed by atoms with van der Waals surface area (Å²) in [5.74, 6) is -0.0580. The first-order chi connectivity index (χ1) is 14.6. The number of esters is 1. The Bertz CT molecular complexity index is 966. The minimum atomic E-state index is -0.559. The molecule has 6 heteroatoms. The van der Waals surface area contributed by atoms with E-state index in [2.05, 4.69) is 0 Å². The SMILES string of the molecule is CN(Cc1ccsc1)C(=O)COC(=O)/C=C/c1ccc(OCc2ccccc2)cc1. The van der Waals surface area contributed by atoms with E-state index in [1.54, 1.807) is 24.5 Å². The van der Waals surface area contributed by atoms with Gasteiger partial charge in [0.15, 0.2) is 6.61 Å². The highest BCUT2D eigenvalue weighted by atomic mass is 32.1. The van der Waals surface area contributed by atoms with Crippen molar-refractivity contribution in [1.82, 2.24) is 4.90 Å². The molecule has 0 aliphatic carbocycles. The van der Waals surface area contributed by atoms with Gasteiger partial charge < -0.3 is 14.4 Å². The van der Waals surface area contributed by atoms with Gasteiger partial charge in [-0.25, -0.2) is 4.79 Å². The molecule has 0 spiro atoms. The Morgan fingerprint density at radius 1 is 1.00 bits per heavy atom. The van der Waals surface area contributed by atoms with E-state index in [1.165, 1.54) is 11.0 Å². The molecule has 0 aliphatic heterocycles. The van der Waals surface area contributed by atoms with Crippen LogP contribution in [0.5, 0.6) is 5.75 Å². The molecule has 0 N–H and O–H groups in total. The van der Waals surface area contributed by atoms with E-state index in [0.717, 1.165) is 22.4 Å². The first-order valence-corrected chi connectivity index (χ1v) is 10.4. The van der Waals surface area contributed by atoms with E-state index in [9.17, 15) is 9.59 Å². The second-order valence-electron chi connectivity index (χ2n) is 6.67. The normalized spacial score (nSPS) is 10.7. The van der Waals surface area contributed by atoms with Crippen LogP contribution in [0.15, 0.2) is 77.5 Å². The summed E-state index contributed by atoms with van der Waals surface area (Å²) in [4.78, 5) is 25.5. The number of carbonyl (C=O) groups is 2. The lowest BCUT2D eigenvalue weighted by Crippen LogP contribution is -2.30. The topological polar surface area (TPSA) is 55.8 Å². The lowest BCUT2D eigenvalue weighted by Gasteiger charge is -2.15. The minimum absolute atomic E-state index is 0.247. The average molecular weight is 422 g/mol. The van der Waals surface area contributed by atoms with Crippen LogP contribution in [0.2, 0.25) is 0 Å². The van der Waals surface area contributed by atoms with Crippen LogP contribution in [0.1, 0.15) is 16.7 Å². The predicted octanol–water partition coefficient (Wildman–Crippen LogP) is 4.54. The van der Waals surface area contributed by atoms with E-state index in [1.807, 2.05) is 71.4 Å². The molecule has 30 heavy (non-hydrogen) atoms. The summed E-state index contributed by atoms with van der Waals surface area (Å²) in [6.07, 6.45) is 2.95. The average Bonchev–Trinajstić information content (AvgIpc) is 3.29. The Morgan fingerprint density at radius 2 is 1.77 bits per heavy atom. The molecule has 1 heterocycles. The van der Waals surface area contributed by atoms with Crippen molar-refractivity contribution in [1.29, 1.82) is 0 Å². The molecule has 3 rings (SSSR count). The molecular weight excluding hydrogens is 398 g/mol. The lowest BCUT2D eigenvalue weighted by molar-refractivity contribution is -0.147. The zero-order valence-electron chi connectivity index (χ0n) is 16.7. The van der Waals surface area contributed by atoms with Crippen molar-refractivity contribution in [3.05, 3.63) is 94.2 Å². The van der Waals surface area contributed by atoms with Crippen LogP contribution in [0.25, 0.3) is 6.08 Å². The molecule has 0 saturated carbocycles. The summed E-state index contributed by atoms with van der Waals surface area (Å²) >= 11 is 1.58. The van der Waals surface area contributed by atoms with Gasteiger partial charge in [-0.05, 0) is 51.7 Å². The highest BCUT2D eigenvalue weighted by Gasteiger charge is 2.11. The Labute approximate surface area is 180 Å². The minimum Gasteiger partial charge on any atom is -0.489 e. The highest BCUT2D eigenvalue weighted by molar-refractivity contribution is 7.07. The third-order valence-corrected chi connectivity index (χ3v) is 5.04. The number of nitrogens with zero attached hydrogens (tertiary/aromatic N) is 1. The van der Waals surface area contributed by atoms with Crippen molar-refractivity contribution >= 4 is 29.3 Å². The number of hydrogen-bond donors (Lipinski definition) is 0. The first-order valence-electron chi connectivity index (χ1n) is 9.47. The van der Waals surface area contributed by atoms with Crippen LogP contribution in [0.3, 0.4) is 0 Å². The Kier molecular flexibility index (Phi) is 7.80. The summed E-state index contributed by atoms with van der Waals surface area (Å²) in [7, 11) is 1.69. The molecule has 0 radical (unpaired) electrons. The molecule has 0 saturated heterocycles. The van der Waals surface area contributed by atoms with Gasteiger partial charge in [-0.1, -0.05) is 42.5 Å². The van der Waals surface area contributed by atoms with Crippen LogP contribution in [0.4, 0.5) is 0 Å². The fourth-order valence-electron chi connectivity index (χ4n) is 2.62. The van der Waals surface area contributed by atoms with E-state index < -0.39 is 5.97 Å². The third-order valence-electron chi connectivity index (χ3n) is 4.30. The number of thiophene rings is 1. The number of likely N-dealkylation sites (N-methyl/N-ethyl adjacent to an activating group) is 1. The molecule has 0 unspecified atom stereocenters. The summed E-state index contributed by atoms with van der Waals surface area (Å²) in [5, 5.41) is 3.94. The van der Waals surface area contributed by atoms with Crippen molar-refractivity contribution in [2.75, 3.05) is 13.7 Å². The maximum atomic E-state index is 12.1. The van der Waals surface area contributed by atoms with Gasteiger partial charge >= 0.3 is 5.97 Å². The molecule has 5 nitrogen and oxygen atoms in total. The number of amides is 1. The van der Waals surface area contributed by atoms with Gasteiger partial charge in [0.05, 0.1) is 0 Å². The summed E-state index contributed by atoms with van der Waals surface area (Å²) in [6, 6.07) is 19.3. The van der Waals surface area contributed by atoms with Crippen molar-refractivity contribution in [2.24, 2.45) is 0 Å². The zero-order chi connectivity index (χ0) is 21.2. The van der Waals surface area contributed by atoms with Crippen LogP contribution in [0, 0.1) is 0 Å². The monoisotopic (exact) mass is 421 g/mol. The van der Waals surface area contributed by atoms with Gasteiger partial charge in [0.1, 0.15) is 12.4 Å². The van der Waals surface area contributed by atoms with Gasteiger partial charge in [-0.15, -0.1) is 0 Å². The third kappa shape index (κ3) is 6.90. The standard InChI is InChI=1S/C24H23NO4S/c1-25(15-21-13-14-30-18-21)23(26)17-29-24(27)12-9-19-7-10-22(11-8-19)28-16-20-5-3-2-4-6-20/h2-14,18H,15-17H2,1H3/b12-9+. The van der Waals surface area contributed by atoms with E-state index >= 15 is 0 Å². The molecule has 1 amide bonds. The van der Waals surface area contributed by atoms with Crippen molar-refractivity contribution < 1.29 is 19.1 Å². The van der Waals surface area contributed by atoms with E-state index in [0.29, 0.717) is 13.2 Å². The molecule has 0 fully saturated rings. The van der Waals surface area contributed by atoms with Gasteiger partial charge in [-0.2, -0.15) is 11.3 Å². The largest absolute Gasteiger partial charge is 0.489 e. The van der Waals surface area contributed by atoms with Gasteiger partial charge in [0.2, 0.25) is 0 Å². The van der Waals surface area contributed by atoms with E-state index in [4.69, 9.17) is 9.47 Å². The quantitative estimate of drug-likeness (QED) is 0.376. The van der Waals surface area contributed by atoms with Crippen LogP contribution >= 0.6 is 11.3 Å². The number of hydrogen-bond acceptors (Lipinski definition) is 5. The molecular formula is C24H23NO4S. The number of carbonyl (C=O) groups excluding carboxylic acids is 2. The fraction of sp³-hybridized carbons (Fsp3) is 0.167. The van der Waals surface area contributed by atoms with Crippen molar-refractivity contribution in [2.45, 2.75) is 13.2 Å². The Morgan fingerprint density at radius 3 is 2.47 bits per heavy atom. The number of ether oxygens (including phenoxy) is 2. The molecule has 154 valence electrons. The molecule has 0 atom stereocenters. The molecule has 1 aromatic heterocycles. The summed E-state index contributed by atoms with van der Waals surface area (Å²) in [6.45, 7) is 0.710. The molecule has 0 bridgehead atoms. The van der Waals surface area contributed by atoms with Crippen LogP contribution in [-0.2, 0) is 27.5 Å². The van der Waals surface area contributed by atoms with Gasteiger partial charge in [0.25, 0.3) is 5.91 Å². The Balaban J connectivity index is 1.41. The zero-order valence-corrected chi connectivity index (χ0v) is 17.5. The van der Waals surface area contributed by atoms with Crippen LogP contribution < -0.4 is 4.74 Å². The van der Waals surface area contributed by atoms with Crippen molar-refractivity contribution in [3.63, 3.8) is 0 Å². The lowest BCUT2D eigenvalue weighted by atomic mass is 10.2. The molecule has 3 aromatic rings. The van der Waals surface area contributed by atoms with Crippen molar-refractivity contribution in [3.8, 4) is 5.75 Å². The maximum absolute atomic E-state index is 12.1. The van der Waals surface area contributed by atoms with Gasteiger partial charge in [-0.3, -0.25) is 4.79 Å². The highest BCUT2D eigenvalue weighted by Crippen LogP contribution is 2.15. The Hall–Kier alpha value is -3.38. The maximum Gasteiger partial charge on any atom is 0.331 e. The predicted molar refractivity (Wildman–Crippen MR) is 118 cm³/mol.